The molecule has 36 heavy (non-hydrogen) atoms. The van der Waals surface area contributed by atoms with E-state index in [2.05, 4.69) is 9.72 Å². The summed E-state index contributed by atoms with van der Waals surface area (Å²) in [5.74, 6) is 0.239. The summed E-state index contributed by atoms with van der Waals surface area (Å²) >= 11 is 0. The molecule has 1 aliphatic heterocycles. The third-order valence-electron chi connectivity index (χ3n) is 5.23. The van der Waals surface area contributed by atoms with Crippen LogP contribution in [0.2, 0.25) is 0 Å². The van der Waals surface area contributed by atoms with E-state index in [1.165, 1.54) is 12.1 Å². The number of ether oxygens (including phenoxy) is 3. The van der Waals surface area contributed by atoms with Crippen LogP contribution in [0.4, 0.5) is 27.2 Å². The highest BCUT2D eigenvalue weighted by Gasteiger charge is 2.47. The third-order valence-corrected chi connectivity index (χ3v) is 5.23. The number of aromatic nitrogens is 1. The Morgan fingerprint density at radius 3 is 2.47 bits per heavy atom. The average molecular weight is 506 g/mol. The van der Waals surface area contributed by atoms with E-state index in [1.54, 1.807) is 48.7 Å². The normalized spacial score (nSPS) is 17.7. The maximum absolute atomic E-state index is 13.3. The Labute approximate surface area is 201 Å². The number of nitrogens with zero attached hydrogens (tertiary/aromatic N) is 2. The van der Waals surface area contributed by atoms with Crippen LogP contribution < -0.4 is 9.47 Å². The average Bonchev–Trinajstić information content (AvgIpc) is 3.16. The molecule has 3 aromatic rings. The van der Waals surface area contributed by atoms with E-state index < -0.39 is 42.6 Å². The van der Waals surface area contributed by atoms with Crippen LogP contribution in [0, 0.1) is 0 Å². The zero-order chi connectivity index (χ0) is 25.9. The van der Waals surface area contributed by atoms with Gasteiger partial charge in [0.25, 0.3) is 0 Å². The molecule has 1 aliphatic rings. The lowest BCUT2D eigenvalue weighted by molar-refractivity contribution is -0.253. The number of cyclic esters (lactones) is 1. The SMILES string of the molecule is O=C(O)N1C(=O)OC(c2ccc(Oc3ccccn3)cc2)C1Cc1cccc(OC(F)(F)C(F)F)c1. The molecule has 2 amide bonds. The summed E-state index contributed by atoms with van der Waals surface area (Å²) in [6, 6.07) is 15.2. The van der Waals surface area contributed by atoms with Gasteiger partial charge in [-0.1, -0.05) is 30.3 Å². The highest BCUT2D eigenvalue weighted by atomic mass is 19.3. The topological polar surface area (TPSA) is 98.2 Å². The van der Waals surface area contributed by atoms with Gasteiger partial charge in [0.2, 0.25) is 5.88 Å². The van der Waals surface area contributed by atoms with Gasteiger partial charge in [0, 0.05) is 12.3 Å². The maximum atomic E-state index is 13.3. The molecule has 1 saturated heterocycles. The molecule has 0 saturated carbocycles. The van der Waals surface area contributed by atoms with Crippen LogP contribution in [0.1, 0.15) is 17.2 Å². The molecular weight excluding hydrogens is 488 g/mol. The van der Waals surface area contributed by atoms with Crippen molar-refractivity contribution < 1.29 is 46.5 Å². The minimum absolute atomic E-state index is 0.160. The molecule has 0 bridgehead atoms. The molecule has 12 heteroatoms. The monoisotopic (exact) mass is 506 g/mol. The van der Waals surface area contributed by atoms with Gasteiger partial charge in [-0.2, -0.15) is 17.6 Å². The fourth-order valence-electron chi connectivity index (χ4n) is 3.66. The van der Waals surface area contributed by atoms with Gasteiger partial charge in [-0.25, -0.2) is 19.5 Å². The lowest BCUT2D eigenvalue weighted by Gasteiger charge is -2.22. The number of amides is 2. The Morgan fingerprint density at radius 2 is 1.83 bits per heavy atom. The molecular formula is C24H18F4N2O6. The number of carbonyl (C=O) groups excluding carboxylic acids is 1. The molecule has 2 heterocycles. The van der Waals surface area contributed by atoms with Gasteiger partial charge in [-0.05, 0) is 47.9 Å². The predicted octanol–water partition coefficient (Wildman–Crippen LogP) is 5.89. The second-order valence-electron chi connectivity index (χ2n) is 7.68. The Hall–Kier alpha value is -4.35. The van der Waals surface area contributed by atoms with Gasteiger partial charge in [0.05, 0.1) is 6.04 Å². The van der Waals surface area contributed by atoms with Gasteiger partial charge in [-0.3, -0.25) is 0 Å². The Morgan fingerprint density at radius 1 is 1.08 bits per heavy atom. The molecule has 1 fully saturated rings. The zero-order valence-electron chi connectivity index (χ0n) is 18.3. The molecule has 0 aliphatic carbocycles. The molecule has 188 valence electrons. The van der Waals surface area contributed by atoms with Crippen LogP contribution in [0.25, 0.3) is 0 Å². The summed E-state index contributed by atoms with van der Waals surface area (Å²) in [5, 5.41) is 9.56. The van der Waals surface area contributed by atoms with Crippen LogP contribution >= 0.6 is 0 Å². The number of halogens is 4. The summed E-state index contributed by atoms with van der Waals surface area (Å²) in [4.78, 5) is 28.6. The van der Waals surface area contributed by atoms with E-state index in [0.717, 1.165) is 12.1 Å². The third kappa shape index (κ3) is 5.48. The van der Waals surface area contributed by atoms with Gasteiger partial charge >= 0.3 is 24.7 Å². The Kier molecular flexibility index (Phi) is 6.95. The minimum Gasteiger partial charge on any atom is -0.465 e. The summed E-state index contributed by atoms with van der Waals surface area (Å²) < 4.78 is 66.6. The molecule has 2 unspecified atom stereocenters. The van der Waals surface area contributed by atoms with Crippen molar-refractivity contribution in [2.24, 2.45) is 0 Å². The number of imide groups is 1. The molecule has 4 rings (SSSR count). The van der Waals surface area contributed by atoms with E-state index in [0.29, 0.717) is 22.1 Å². The number of pyridine rings is 1. The van der Waals surface area contributed by atoms with Gasteiger partial charge in [0.15, 0.2) is 6.10 Å². The zero-order valence-corrected chi connectivity index (χ0v) is 18.3. The summed E-state index contributed by atoms with van der Waals surface area (Å²) in [6.07, 6.45) is -11.1. The van der Waals surface area contributed by atoms with Crippen LogP contribution in [-0.2, 0) is 11.2 Å². The number of rotatable bonds is 8. The van der Waals surface area contributed by atoms with E-state index in [4.69, 9.17) is 9.47 Å². The first kappa shape index (κ1) is 24.8. The summed E-state index contributed by atoms with van der Waals surface area (Å²) in [7, 11) is 0. The highest BCUT2D eigenvalue weighted by Crippen LogP contribution is 2.36. The van der Waals surface area contributed by atoms with Crippen molar-refractivity contribution in [3.8, 4) is 17.4 Å². The van der Waals surface area contributed by atoms with E-state index >= 15 is 0 Å². The van der Waals surface area contributed by atoms with Crippen molar-refractivity contribution in [3.05, 3.63) is 84.1 Å². The second kappa shape index (κ2) is 10.1. The first-order valence-corrected chi connectivity index (χ1v) is 10.5. The Bertz CT molecular complexity index is 1230. The molecule has 1 N–H and O–H groups in total. The smallest absolute Gasteiger partial charge is 0.461 e. The van der Waals surface area contributed by atoms with Crippen LogP contribution in [0.15, 0.2) is 72.9 Å². The van der Waals surface area contributed by atoms with Crippen molar-refractivity contribution in [2.45, 2.75) is 31.1 Å². The van der Waals surface area contributed by atoms with E-state index in [1.807, 2.05) is 0 Å². The molecule has 2 atom stereocenters. The first-order chi connectivity index (χ1) is 17.1. The second-order valence-corrected chi connectivity index (χ2v) is 7.68. The van der Waals surface area contributed by atoms with E-state index in [-0.39, 0.29) is 12.0 Å². The first-order valence-electron chi connectivity index (χ1n) is 10.5. The molecule has 8 nitrogen and oxygen atoms in total. The van der Waals surface area contributed by atoms with Crippen LogP contribution in [0.3, 0.4) is 0 Å². The number of benzene rings is 2. The maximum Gasteiger partial charge on any atom is 0.461 e. The van der Waals surface area contributed by atoms with Crippen molar-refractivity contribution in [3.63, 3.8) is 0 Å². The number of hydrogen-bond donors (Lipinski definition) is 1. The van der Waals surface area contributed by atoms with Crippen LogP contribution in [0.5, 0.6) is 17.4 Å². The fourth-order valence-corrected chi connectivity index (χ4v) is 3.66. The fraction of sp³-hybridized carbons (Fsp3) is 0.208. The van der Waals surface area contributed by atoms with Gasteiger partial charge in [-0.15, -0.1) is 0 Å². The van der Waals surface area contributed by atoms with Gasteiger partial charge < -0.3 is 19.3 Å². The molecule has 2 aromatic carbocycles. The number of alkyl halides is 4. The number of hydrogen-bond acceptors (Lipinski definition) is 6. The quantitative estimate of drug-likeness (QED) is 0.380. The van der Waals surface area contributed by atoms with Crippen LogP contribution in [-0.4, -0.2) is 45.8 Å². The predicted molar refractivity (Wildman–Crippen MR) is 115 cm³/mol. The number of carbonyl (C=O) groups is 2. The lowest BCUT2D eigenvalue weighted by Crippen LogP contribution is -2.39. The van der Waals surface area contributed by atoms with Crippen molar-refractivity contribution in [2.75, 3.05) is 0 Å². The van der Waals surface area contributed by atoms with Crippen molar-refractivity contribution in [1.29, 1.82) is 0 Å². The standard InChI is InChI=1S/C24H18F4N2O6/c25-21(26)24(27,28)36-17-5-3-4-14(12-17)13-18-20(35-23(33)30(18)22(31)32)15-7-9-16(10-8-15)34-19-6-1-2-11-29-19/h1-12,18,20-21H,13H2,(H,31,32). The van der Waals surface area contributed by atoms with Crippen molar-refractivity contribution in [1.82, 2.24) is 9.88 Å². The number of carboxylic acid groups (broad SMARTS) is 1. The largest absolute Gasteiger partial charge is 0.465 e. The molecule has 1 aromatic heterocycles. The summed E-state index contributed by atoms with van der Waals surface area (Å²) in [6.45, 7) is 0. The Balaban J connectivity index is 1.56. The lowest BCUT2D eigenvalue weighted by atomic mass is 9.95. The minimum atomic E-state index is -4.71. The van der Waals surface area contributed by atoms with Crippen molar-refractivity contribution >= 4 is 12.2 Å². The highest BCUT2D eigenvalue weighted by molar-refractivity contribution is 5.89. The summed E-state index contributed by atoms with van der Waals surface area (Å²) in [5.41, 5.74) is 0.703. The van der Waals surface area contributed by atoms with E-state index in [9.17, 15) is 32.3 Å². The molecule has 0 radical (unpaired) electrons. The molecule has 0 spiro atoms. The van der Waals surface area contributed by atoms with Gasteiger partial charge in [0.1, 0.15) is 11.5 Å².